The minimum atomic E-state index is -0.676. The van der Waals surface area contributed by atoms with E-state index in [0.717, 1.165) is 21.2 Å². The van der Waals surface area contributed by atoms with Crippen molar-refractivity contribution in [1.29, 1.82) is 0 Å². The number of rotatable bonds is 7. The molecule has 1 aliphatic rings. The molecule has 0 bridgehead atoms. The summed E-state index contributed by atoms with van der Waals surface area (Å²) < 4.78 is 21.4. The largest absolute Gasteiger partial charge is 0.629 e. The first kappa shape index (κ1) is 24.3. The first-order valence-electron chi connectivity index (χ1n) is 11.4. The maximum absolute atomic E-state index is 14.9. The molecule has 1 atom stereocenters. The third-order valence-corrected chi connectivity index (χ3v) is 6.63. The number of ether oxygens (including phenoxy) is 1. The number of pyridine rings is 1. The van der Waals surface area contributed by atoms with Crippen molar-refractivity contribution in [3.63, 3.8) is 0 Å². The Morgan fingerprint density at radius 2 is 1.81 bits per heavy atom. The Hall–Kier alpha value is -4.38. The lowest BCUT2D eigenvalue weighted by Crippen LogP contribution is -3.02. The van der Waals surface area contributed by atoms with Crippen LogP contribution < -0.4 is 20.4 Å². The summed E-state index contributed by atoms with van der Waals surface area (Å²) in [6.07, 6.45) is 6.36. The highest BCUT2D eigenvalue weighted by Gasteiger charge is 2.16. The number of aromatic nitrogens is 1. The van der Waals surface area contributed by atoms with E-state index in [-0.39, 0.29) is 16.5 Å². The van der Waals surface area contributed by atoms with Gasteiger partial charge in [0, 0.05) is 40.7 Å². The lowest BCUT2D eigenvalue weighted by atomic mass is 10.1. The van der Waals surface area contributed by atoms with Crippen LogP contribution in [0.3, 0.4) is 0 Å². The van der Waals surface area contributed by atoms with Crippen molar-refractivity contribution >= 4 is 50.3 Å². The Kier molecular flexibility index (Phi) is 7.04. The van der Waals surface area contributed by atoms with Gasteiger partial charge in [0.1, 0.15) is 18.7 Å². The first-order chi connectivity index (χ1) is 17.9. The van der Waals surface area contributed by atoms with Crippen molar-refractivity contribution in [3.8, 4) is 11.5 Å². The Morgan fingerprint density at radius 1 is 1.03 bits per heavy atom. The van der Waals surface area contributed by atoms with Gasteiger partial charge in [-0.15, -0.1) is 11.3 Å². The number of carbonyl (C=O) groups excluding carboxylic acids is 2. The summed E-state index contributed by atoms with van der Waals surface area (Å²) >= 11 is 1.44. The molecule has 0 fully saturated rings. The van der Waals surface area contributed by atoms with E-state index in [1.807, 2.05) is 18.2 Å². The lowest BCUT2D eigenvalue weighted by molar-refractivity contribution is -0.784. The van der Waals surface area contributed by atoms with Crippen LogP contribution in [0.15, 0.2) is 85.2 Å². The van der Waals surface area contributed by atoms with Crippen LogP contribution in [0, 0.1) is 11.0 Å². The van der Waals surface area contributed by atoms with E-state index in [2.05, 4.69) is 15.6 Å². The Bertz CT molecular complexity index is 1530. The second-order valence-electron chi connectivity index (χ2n) is 8.18. The van der Waals surface area contributed by atoms with Crippen LogP contribution in [0.2, 0.25) is 0 Å². The zero-order valence-electron chi connectivity index (χ0n) is 19.4. The molecule has 37 heavy (non-hydrogen) atoms. The van der Waals surface area contributed by atoms with Crippen molar-refractivity contribution in [2.24, 2.45) is 0 Å². The molecule has 2 aromatic heterocycles. The number of hydroxylamine groups is 2. The molecule has 0 saturated heterocycles. The van der Waals surface area contributed by atoms with Gasteiger partial charge in [-0.25, -0.2) is 4.39 Å². The number of benzene rings is 2. The predicted molar refractivity (Wildman–Crippen MR) is 141 cm³/mol. The summed E-state index contributed by atoms with van der Waals surface area (Å²) in [5.41, 5.74) is 2.41. The number of allylic oxidation sites excluding steroid dienone is 2. The smallest absolute Gasteiger partial charge is 0.233 e. The van der Waals surface area contributed by atoms with E-state index >= 15 is 0 Å². The fourth-order valence-electron chi connectivity index (χ4n) is 3.71. The molecule has 1 unspecified atom stereocenters. The van der Waals surface area contributed by atoms with Crippen LogP contribution in [0.5, 0.6) is 11.5 Å². The molecule has 2 aromatic carbocycles. The first-order valence-corrected chi connectivity index (χ1v) is 12.2. The molecule has 186 valence electrons. The quantitative estimate of drug-likeness (QED) is 0.248. The average molecular weight is 517 g/mol. The molecule has 0 saturated carbocycles. The molecule has 4 aromatic rings. The summed E-state index contributed by atoms with van der Waals surface area (Å²) in [7, 11) is 0. The number of halogens is 1. The molecule has 8 nitrogen and oxygen atoms in total. The number of hydrogen-bond donors (Lipinski definition) is 3. The van der Waals surface area contributed by atoms with E-state index in [4.69, 9.17) is 4.74 Å². The fourth-order valence-corrected chi connectivity index (χ4v) is 4.79. The number of anilines is 2. The van der Waals surface area contributed by atoms with Crippen molar-refractivity contribution < 1.29 is 23.8 Å². The monoisotopic (exact) mass is 516 g/mol. The molecule has 1 aliphatic heterocycles. The number of quaternary nitrogens is 1. The standard InChI is InChI=1S/C27H21FN4O4S/c28-20-14-19(31-26(34)16-25(33)30-18-4-2-1-3-5-18)6-7-22(20)36-23-8-11-29-21-15-24(37-27(21)23)17-9-12-32(35)13-10-17/h1-12,14-15,32H,13,16H2,(H,30,33)(H,31,34). The predicted octanol–water partition coefficient (Wildman–Crippen LogP) is 4.49. The van der Waals surface area contributed by atoms with Crippen molar-refractivity contribution in [2.75, 3.05) is 17.2 Å². The summed E-state index contributed by atoms with van der Waals surface area (Å²) in [6.45, 7) is 0.350. The van der Waals surface area contributed by atoms with Crippen LogP contribution in [-0.2, 0) is 9.59 Å². The molecule has 5 rings (SSSR count). The molecule has 3 N–H and O–H groups in total. The highest BCUT2D eigenvalue weighted by atomic mass is 32.1. The van der Waals surface area contributed by atoms with Crippen LogP contribution in [0.1, 0.15) is 11.3 Å². The van der Waals surface area contributed by atoms with Crippen molar-refractivity contribution in [1.82, 2.24) is 4.98 Å². The molecule has 2 amide bonds. The van der Waals surface area contributed by atoms with Crippen LogP contribution in [0.25, 0.3) is 15.8 Å². The van der Waals surface area contributed by atoms with Gasteiger partial charge in [0.2, 0.25) is 11.8 Å². The number of thiophene rings is 1. The van der Waals surface area contributed by atoms with E-state index in [1.165, 1.54) is 23.5 Å². The summed E-state index contributed by atoms with van der Waals surface area (Å²) in [6, 6.07) is 16.4. The Labute approximate surface area is 215 Å². The molecule has 0 aliphatic carbocycles. The van der Waals surface area contributed by atoms with Crippen molar-refractivity contribution in [3.05, 3.63) is 101 Å². The van der Waals surface area contributed by atoms with E-state index < -0.39 is 24.1 Å². The number of nitrogens with one attached hydrogen (secondary N) is 3. The third-order valence-electron chi connectivity index (χ3n) is 5.45. The minimum absolute atomic E-state index is 0.0235. The Morgan fingerprint density at radius 3 is 2.54 bits per heavy atom. The summed E-state index contributed by atoms with van der Waals surface area (Å²) in [4.78, 5) is 29.6. The molecule has 3 heterocycles. The topological polar surface area (TPSA) is 108 Å². The van der Waals surface area contributed by atoms with Crippen LogP contribution in [-0.4, -0.2) is 23.3 Å². The molecule has 0 radical (unpaired) electrons. The number of hydrogen-bond acceptors (Lipinski definition) is 6. The van der Waals surface area contributed by atoms with Gasteiger partial charge in [-0.05, 0) is 42.0 Å². The van der Waals surface area contributed by atoms with Gasteiger partial charge in [-0.2, -0.15) is 0 Å². The van der Waals surface area contributed by atoms with Gasteiger partial charge in [0.15, 0.2) is 11.6 Å². The summed E-state index contributed by atoms with van der Waals surface area (Å²) in [5, 5.41) is 16.7. The van der Waals surface area contributed by atoms with Gasteiger partial charge >= 0.3 is 0 Å². The zero-order chi connectivity index (χ0) is 25.8. The van der Waals surface area contributed by atoms with Gasteiger partial charge in [-0.3, -0.25) is 14.6 Å². The van der Waals surface area contributed by atoms with E-state index in [1.54, 1.807) is 48.8 Å². The van der Waals surface area contributed by atoms with Gasteiger partial charge in [0.05, 0.1) is 16.4 Å². The SMILES string of the molecule is O=C(CC(=O)Nc1ccc(Oc2ccnc3cc(C4=CC[NH+]([O-])C=C4)sc23)c(F)c1)Nc1ccccc1. The van der Waals surface area contributed by atoms with Crippen molar-refractivity contribution in [2.45, 2.75) is 6.42 Å². The number of carbonyl (C=O) groups is 2. The number of fused-ring (bicyclic) bond motifs is 1. The second kappa shape index (κ2) is 10.7. The number of amides is 2. The molecule has 10 heteroatoms. The third kappa shape index (κ3) is 5.89. The normalized spacial score (nSPS) is 14.8. The minimum Gasteiger partial charge on any atom is -0.629 e. The van der Waals surface area contributed by atoms with E-state index in [0.29, 0.717) is 23.5 Å². The highest BCUT2D eigenvalue weighted by molar-refractivity contribution is 7.20. The van der Waals surface area contributed by atoms with Gasteiger partial charge in [-0.1, -0.05) is 18.2 Å². The fraction of sp³-hybridized carbons (Fsp3) is 0.0741. The molecule has 0 spiro atoms. The zero-order valence-corrected chi connectivity index (χ0v) is 20.2. The van der Waals surface area contributed by atoms with E-state index in [9.17, 15) is 19.2 Å². The average Bonchev–Trinajstić information content (AvgIpc) is 3.32. The Balaban J connectivity index is 1.26. The highest BCUT2D eigenvalue weighted by Crippen LogP contribution is 2.38. The number of nitrogens with zero attached hydrogens (tertiary/aromatic N) is 1. The second-order valence-corrected chi connectivity index (χ2v) is 9.24. The molecular weight excluding hydrogens is 495 g/mol. The van der Waals surface area contributed by atoms with Crippen LogP contribution >= 0.6 is 11.3 Å². The number of para-hydroxylation sites is 1. The maximum Gasteiger partial charge on any atom is 0.233 e. The van der Waals surface area contributed by atoms with Gasteiger partial charge < -0.3 is 25.6 Å². The maximum atomic E-state index is 14.9. The summed E-state index contributed by atoms with van der Waals surface area (Å²) in [5.74, 6) is -1.32. The lowest BCUT2D eigenvalue weighted by Gasteiger charge is -2.18. The van der Waals surface area contributed by atoms with Crippen LogP contribution in [0.4, 0.5) is 15.8 Å². The van der Waals surface area contributed by atoms with Gasteiger partial charge in [0.25, 0.3) is 0 Å². The molecular formula is C27H21FN4O4S.